The van der Waals surface area contributed by atoms with Crippen LogP contribution in [0.5, 0.6) is 0 Å². The molecule has 0 spiro atoms. The highest BCUT2D eigenvalue weighted by atomic mass is 32.2. The lowest BCUT2D eigenvalue weighted by Crippen LogP contribution is -2.47. The molecule has 1 aliphatic heterocycles. The molecule has 1 aromatic rings. The Morgan fingerprint density at radius 1 is 1.48 bits per heavy atom. The van der Waals surface area contributed by atoms with Gasteiger partial charge in [-0.3, -0.25) is 10.00 Å². The Kier molecular flexibility index (Phi) is 4.46. The minimum Gasteiger partial charge on any atom is -0.464 e. The van der Waals surface area contributed by atoms with Crippen molar-refractivity contribution in [3.63, 3.8) is 0 Å². The summed E-state index contributed by atoms with van der Waals surface area (Å²) >= 11 is 1.86. The smallest absolute Gasteiger partial charge is 0.356 e. The maximum atomic E-state index is 12.3. The van der Waals surface area contributed by atoms with Gasteiger partial charge in [0.15, 0.2) is 5.82 Å². The van der Waals surface area contributed by atoms with Crippen molar-refractivity contribution in [3.8, 4) is 0 Å². The molecule has 0 aliphatic carbocycles. The van der Waals surface area contributed by atoms with Crippen LogP contribution < -0.4 is 5.32 Å². The van der Waals surface area contributed by atoms with Gasteiger partial charge >= 0.3 is 12.0 Å². The first-order chi connectivity index (χ1) is 9.82. The number of ether oxygens (including phenoxy) is 1. The number of nitrogens with zero attached hydrogens (tertiary/aromatic N) is 3. The molecule has 8 heteroatoms. The average molecular weight is 312 g/mol. The highest BCUT2D eigenvalue weighted by Gasteiger charge is 2.30. The summed E-state index contributed by atoms with van der Waals surface area (Å²) in [5.41, 5.74) is 0.294. The van der Waals surface area contributed by atoms with Crippen LogP contribution in [-0.4, -0.2) is 57.4 Å². The second-order valence-corrected chi connectivity index (χ2v) is 7.29. The van der Waals surface area contributed by atoms with Crippen molar-refractivity contribution in [2.45, 2.75) is 18.6 Å². The number of anilines is 1. The number of urea groups is 1. The highest BCUT2D eigenvalue weighted by Crippen LogP contribution is 2.29. The van der Waals surface area contributed by atoms with Crippen LogP contribution in [0.4, 0.5) is 10.6 Å². The van der Waals surface area contributed by atoms with Gasteiger partial charge in [0.1, 0.15) is 5.69 Å². The lowest BCUT2D eigenvalue weighted by Gasteiger charge is -2.37. The number of esters is 1. The molecule has 1 fully saturated rings. The first-order valence-electron chi connectivity index (χ1n) is 6.64. The number of carbonyl (C=O) groups excluding carboxylic acids is 2. The van der Waals surface area contributed by atoms with E-state index in [0.29, 0.717) is 24.6 Å². The Morgan fingerprint density at radius 2 is 2.19 bits per heavy atom. The van der Waals surface area contributed by atoms with Gasteiger partial charge in [0, 0.05) is 36.7 Å². The second-order valence-electron chi connectivity index (χ2n) is 5.49. The van der Waals surface area contributed by atoms with E-state index in [1.165, 1.54) is 17.9 Å². The largest absolute Gasteiger partial charge is 0.464 e. The number of aromatic nitrogens is 2. The van der Waals surface area contributed by atoms with Gasteiger partial charge in [0.2, 0.25) is 0 Å². The standard InChI is InChI=1S/C13H20N4O3S/c1-13(2)8-17(5-6-21-13)12(19)14-10-7-9(11(18)20-4)16(3)15-10/h7H,5-6,8H2,1-4H3,(H,14,15,19). The first-order valence-corrected chi connectivity index (χ1v) is 7.63. The molecule has 1 aromatic heterocycles. The number of hydrogen-bond donors (Lipinski definition) is 1. The third-order valence-electron chi connectivity index (χ3n) is 3.22. The summed E-state index contributed by atoms with van der Waals surface area (Å²) in [6.07, 6.45) is 0. The van der Waals surface area contributed by atoms with Gasteiger partial charge in [-0.25, -0.2) is 9.59 Å². The molecule has 0 aromatic carbocycles. The Hall–Kier alpha value is -1.70. The summed E-state index contributed by atoms with van der Waals surface area (Å²) in [6, 6.07) is 1.31. The summed E-state index contributed by atoms with van der Waals surface area (Å²) in [4.78, 5) is 25.5. The molecule has 0 saturated carbocycles. The van der Waals surface area contributed by atoms with Gasteiger partial charge in [-0.2, -0.15) is 16.9 Å². The zero-order valence-electron chi connectivity index (χ0n) is 12.7. The summed E-state index contributed by atoms with van der Waals surface area (Å²) in [7, 11) is 2.93. The normalized spacial score (nSPS) is 17.4. The van der Waals surface area contributed by atoms with Crippen molar-refractivity contribution in [3.05, 3.63) is 11.8 Å². The monoisotopic (exact) mass is 312 g/mol. The molecule has 0 unspecified atom stereocenters. The molecule has 2 rings (SSSR count). The van der Waals surface area contributed by atoms with E-state index in [1.54, 1.807) is 11.9 Å². The summed E-state index contributed by atoms with van der Waals surface area (Å²) in [5.74, 6) is 0.774. The van der Waals surface area contributed by atoms with Crippen molar-refractivity contribution in [2.75, 3.05) is 31.3 Å². The number of aryl methyl sites for hydroxylation is 1. The predicted molar refractivity (Wildman–Crippen MR) is 81.7 cm³/mol. The van der Waals surface area contributed by atoms with Gasteiger partial charge in [-0.1, -0.05) is 0 Å². The molecule has 2 heterocycles. The van der Waals surface area contributed by atoms with Crippen LogP contribution in [0.2, 0.25) is 0 Å². The maximum absolute atomic E-state index is 12.3. The van der Waals surface area contributed by atoms with Crippen LogP contribution in [-0.2, 0) is 11.8 Å². The van der Waals surface area contributed by atoms with Crippen molar-refractivity contribution in [1.29, 1.82) is 0 Å². The van der Waals surface area contributed by atoms with Crippen LogP contribution in [0.25, 0.3) is 0 Å². The van der Waals surface area contributed by atoms with E-state index in [-0.39, 0.29) is 10.8 Å². The third-order valence-corrected chi connectivity index (χ3v) is 4.52. The zero-order chi connectivity index (χ0) is 15.6. The molecule has 7 nitrogen and oxygen atoms in total. The molecule has 116 valence electrons. The minimum absolute atomic E-state index is 0.0525. The Bertz CT molecular complexity index is 556. The number of carbonyl (C=O) groups is 2. The molecule has 1 N–H and O–H groups in total. The van der Waals surface area contributed by atoms with Gasteiger partial charge in [0.05, 0.1) is 7.11 Å². The van der Waals surface area contributed by atoms with Gasteiger partial charge < -0.3 is 9.64 Å². The topological polar surface area (TPSA) is 76.5 Å². The van der Waals surface area contributed by atoms with E-state index in [0.717, 1.165) is 5.75 Å². The SMILES string of the molecule is COC(=O)c1cc(NC(=O)N2CCSC(C)(C)C2)nn1C. The van der Waals surface area contributed by atoms with Crippen LogP contribution in [0.3, 0.4) is 0 Å². The number of hydrogen-bond acceptors (Lipinski definition) is 5. The van der Waals surface area contributed by atoms with E-state index in [4.69, 9.17) is 0 Å². The third kappa shape index (κ3) is 3.69. The fourth-order valence-electron chi connectivity index (χ4n) is 2.20. The molecule has 2 amide bonds. The van der Waals surface area contributed by atoms with Crippen LogP contribution in [0.15, 0.2) is 6.07 Å². The Labute approximate surface area is 128 Å². The number of nitrogens with one attached hydrogen (secondary N) is 1. The molecule has 21 heavy (non-hydrogen) atoms. The van der Waals surface area contributed by atoms with E-state index in [9.17, 15) is 9.59 Å². The minimum atomic E-state index is -0.485. The van der Waals surface area contributed by atoms with Crippen molar-refractivity contribution < 1.29 is 14.3 Å². The highest BCUT2D eigenvalue weighted by molar-refractivity contribution is 8.00. The maximum Gasteiger partial charge on any atom is 0.356 e. The van der Waals surface area contributed by atoms with Gasteiger partial charge in [-0.15, -0.1) is 0 Å². The van der Waals surface area contributed by atoms with Crippen LogP contribution in [0, 0.1) is 0 Å². The van der Waals surface area contributed by atoms with E-state index >= 15 is 0 Å². The molecule has 0 atom stereocenters. The second kappa shape index (κ2) is 5.97. The Morgan fingerprint density at radius 3 is 2.81 bits per heavy atom. The first kappa shape index (κ1) is 15.7. The zero-order valence-corrected chi connectivity index (χ0v) is 13.5. The lowest BCUT2D eigenvalue weighted by atomic mass is 10.2. The predicted octanol–water partition coefficient (Wildman–Crippen LogP) is 1.57. The van der Waals surface area contributed by atoms with Crippen LogP contribution in [0.1, 0.15) is 24.3 Å². The molecule has 0 radical (unpaired) electrons. The fraction of sp³-hybridized carbons (Fsp3) is 0.615. The molecule has 1 saturated heterocycles. The van der Waals surface area contributed by atoms with E-state index < -0.39 is 5.97 Å². The quantitative estimate of drug-likeness (QED) is 0.839. The fourth-order valence-corrected chi connectivity index (χ4v) is 3.31. The van der Waals surface area contributed by atoms with Crippen molar-refractivity contribution in [2.24, 2.45) is 7.05 Å². The van der Waals surface area contributed by atoms with Crippen LogP contribution >= 0.6 is 11.8 Å². The van der Waals surface area contributed by atoms with Gasteiger partial charge in [0.25, 0.3) is 0 Å². The molecule has 1 aliphatic rings. The summed E-state index contributed by atoms with van der Waals surface area (Å²) < 4.78 is 6.09. The molecular weight excluding hydrogens is 292 g/mol. The number of rotatable bonds is 2. The van der Waals surface area contributed by atoms with Gasteiger partial charge in [-0.05, 0) is 13.8 Å². The van der Waals surface area contributed by atoms with Crippen molar-refractivity contribution >= 4 is 29.6 Å². The average Bonchev–Trinajstić information content (AvgIpc) is 2.77. The lowest BCUT2D eigenvalue weighted by molar-refractivity contribution is 0.0588. The van der Waals surface area contributed by atoms with E-state index in [2.05, 4.69) is 29.0 Å². The number of amides is 2. The number of thioether (sulfide) groups is 1. The summed E-state index contributed by atoms with van der Waals surface area (Å²) in [6.45, 7) is 5.62. The summed E-state index contributed by atoms with van der Waals surface area (Å²) in [5, 5.41) is 6.83. The number of methoxy groups -OCH3 is 1. The van der Waals surface area contributed by atoms with Crippen molar-refractivity contribution in [1.82, 2.24) is 14.7 Å². The Balaban J connectivity index is 2.04. The molecule has 0 bridgehead atoms. The van der Waals surface area contributed by atoms with E-state index in [1.807, 2.05) is 11.8 Å². The molecular formula is C13H20N4O3S.